The molecule has 0 bridgehead atoms. The second-order valence-electron chi connectivity index (χ2n) is 7.07. The Morgan fingerprint density at radius 2 is 2.00 bits per heavy atom. The van der Waals surface area contributed by atoms with Crippen molar-refractivity contribution < 1.29 is 14.6 Å². The summed E-state index contributed by atoms with van der Waals surface area (Å²) in [5.74, 6) is 0.804. The number of carbonyl (C=O) groups is 1. The van der Waals surface area contributed by atoms with Crippen LogP contribution in [0.1, 0.15) is 44.9 Å². The van der Waals surface area contributed by atoms with Crippen molar-refractivity contribution in [2.24, 2.45) is 0 Å². The Balaban J connectivity index is 2.09. The number of hydrogen-bond acceptors (Lipinski definition) is 4. The molecule has 0 spiro atoms. The number of carboxylic acid groups (broad SMARTS) is 1. The summed E-state index contributed by atoms with van der Waals surface area (Å²) in [7, 11) is 0. The fourth-order valence-corrected chi connectivity index (χ4v) is 3.14. The molecule has 0 unspecified atom stereocenters. The molecule has 3 aromatic rings. The molecule has 7 nitrogen and oxygen atoms in total. The molecule has 0 atom stereocenters. The molecule has 0 saturated carbocycles. The molecule has 8 heteroatoms. The molecule has 1 aromatic carbocycles. The van der Waals surface area contributed by atoms with E-state index in [1.54, 1.807) is 10.7 Å². The zero-order valence-electron chi connectivity index (χ0n) is 16.3. The molecular formula is C20H23ClN4O3. The van der Waals surface area contributed by atoms with E-state index in [4.69, 9.17) is 16.3 Å². The van der Waals surface area contributed by atoms with E-state index in [2.05, 4.69) is 10.1 Å². The number of rotatable bonds is 6. The normalized spacial score (nSPS) is 11.4. The predicted molar refractivity (Wildman–Crippen MR) is 108 cm³/mol. The van der Waals surface area contributed by atoms with Crippen LogP contribution in [-0.2, 0) is 6.54 Å². The lowest BCUT2D eigenvalue weighted by atomic mass is 10.1. The van der Waals surface area contributed by atoms with E-state index < -0.39 is 6.09 Å². The largest absolute Gasteiger partial charge is 0.491 e. The smallest absolute Gasteiger partial charge is 0.412 e. The summed E-state index contributed by atoms with van der Waals surface area (Å²) in [5.41, 5.74) is 2.42. The number of aromatic nitrogens is 3. The molecule has 3 rings (SSSR count). The molecular weight excluding hydrogens is 380 g/mol. The fraction of sp³-hybridized carbons (Fsp3) is 0.350. The van der Waals surface area contributed by atoms with Gasteiger partial charge in [-0.2, -0.15) is 5.10 Å². The first-order valence-electron chi connectivity index (χ1n) is 9.07. The lowest BCUT2D eigenvalue weighted by molar-refractivity contribution is 0.201. The van der Waals surface area contributed by atoms with E-state index in [0.29, 0.717) is 17.1 Å². The van der Waals surface area contributed by atoms with E-state index in [1.165, 1.54) is 11.0 Å². The maximum absolute atomic E-state index is 12.1. The topological polar surface area (TPSA) is 80.0 Å². The van der Waals surface area contributed by atoms with E-state index >= 15 is 0 Å². The lowest BCUT2D eigenvalue weighted by Gasteiger charge is -2.22. The van der Waals surface area contributed by atoms with Gasteiger partial charge in [0.2, 0.25) is 0 Å². The predicted octanol–water partition coefficient (Wildman–Crippen LogP) is 4.98. The van der Waals surface area contributed by atoms with Crippen molar-refractivity contribution in [3.05, 3.63) is 52.9 Å². The van der Waals surface area contributed by atoms with E-state index in [1.807, 2.05) is 52.0 Å². The van der Waals surface area contributed by atoms with Crippen molar-refractivity contribution in [2.45, 2.75) is 46.3 Å². The van der Waals surface area contributed by atoms with E-state index in [9.17, 15) is 9.90 Å². The number of hydrogen-bond donors (Lipinski definition) is 1. The van der Waals surface area contributed by atoms with Crippen LogP contribution in [0.15, 0.2) is 36.5 Å². The Kier molecular flexibility index (Phi) is 5.74. The highest BCUT2D eigenvalue weighted by atomic mass is 35.5. The molecule has 0 aliphatic rings. The monoisotopic (exact) mass is 402 g/mol. The number of para-hydroxylation sites is 1. The Bertz CT molecular complexity index is 1000. The highest BCUT2D eigenvalue weighted by Crippen LogP contribution is 2.30. The molecule has 0 aliphatic heterocycles. The van der Waals surface area contributed by atoms with Gasteiger partial charge < -0.3 is 9.84 Å². The van der Waals surface area contributed by atoms with Crippen molar-refractivity contribution in [3.8, 4) is 5.75 Å². The second-order valence-corrected chi connectivity index (χ2v) is 7.46. The van der Waals surface area contributed by atoms with Crippen LogP contribution in [0, 0.1) is 0 Å². The molecule has 2 heterocycles. The number of fused-ring (bicyclic) bond motifs is 1. The highest BCUT2D eigenvalue weighted by Gasteiger charge is 2.23. The molecule has 1 N–H and O–H groups in total. The first kappa shape index (κ1) is 19.9. The summed E-state index contributed by atoms with van der Waals surface area (Å²) in [6, 6.07) is 8.91. The quantitative estimate of drug-likeness (QED) is 0.629. The third-order valence-corrected chi connectivity index (χ3v) is 4.41. The van der Waals surface area contributed by atoms with Crippen LogP contribution < -0.4 is 9.64 Å². The Labute approximate surface area is 168 Å². The standard InChI is InChI=1S/C20H23ClN4O3/c1-12(2)16-10-22-19-15(9-18(21)23-25(16)19)24(20(26)27)11-14-7-5-6-8-17(14)28-13(3)4/h5-10,12-13H,11H2,1-4H3,(H,26,27). The van der Waals surface area contributed by atoms with Gasteiger partial charge in [0, 0.05) is 11.6 Å². The highest BCUT2D eigenvalue weighted by molar-refractivity contribution is 6.29. The minimum absolute atomic E-state index is 0.0256. The number of halogens is 1. The van der Waals surface area contributed by atoms with Crippen LogP contribution in [0.3, 0.4) is 0 Å². The molecule has 2 aromatic heterocycles. The Morgan fingerprint density at radius 1 is 1.29 bits per heavy atom. The number of ether oxygens (including phenoxy) is 1. The molecule has 1 amide bonds. The third-order valence-electron chi connectivity index (χ3n) is 4.22. The van der Waals surface area contributed by atoms with Gasteiger partial charge in [0.1, 0.15) is 5.75 Å². The summed E-state index contributed by atoms with van der Waals surface area (Å²) in [4.78, 5) is 17.7. The molecule has 0 fully saturated rings. The minimum Gasteiger partial charge on any atom is -0.491 e. The number of imidazole rings is 1. The van der Waals surface area contributed by atoms with Gasteiger partial charge in [-0.3, -0.25) is 4.90 Å². The van der Waals surface area contributed by atoms with Crippen molar-refractivity contribution in [1.29, 1.82) is 0 Å². The lowest BCUT2D eigenvalue weighted by Crippen LogP contribution is -2.29. The zero-order chi connectivity index (χ0) is 20.4. The molecule has 0 aliphatic carbocycles. The van der Waals surface area contributed by atoms with Crippen molar-refractivity contribution in [3.63, 3.8) is 0 Å². The van der Waals surface area contributed by atoms with Crippen LogP contribution in [0.2, 0.25) is 5.15 Å². The van der Waals surface area contributed by atoms with Crippen molar-refractivity contribution in [1.82, 2.24) is 14.6 Å². The van der Waals surface area contributed by atoms with Gasteiger partial charge in [-0.05, 0) is 25.8 Å². The van der Waals surface area contributed by atoms with Crippen LogP contribution in [0.25, 0.3) is 5.65 Å². The zero-order valence-corrected chi connectivity index (χ0v) is 17.0. The molecule has 0 saturated heterocycles. The first-order valence-corrected chi connectivity index (χ1v) is 9.45. The average molecular weight is 403 g/mol. The Morgan fingerprint density at radius 3 is 2.64 bits per heavy atom. The van der Waals surface area contributed by atoms with Crippen molar-refractivity contribution >= 4 is 29.0 Å². The van der Waals surface area contributed by atoms with Crippen LogP contribution in [0.5, 0.6) is 5.75 Å². The summed E-state index contributed by atoms with van der Waals surface area (Å²) >= 11 is 6.21. The van der Waals surface area contributed by atoms with Crippen LogP contribution >= 0.6 is 11.6 Å². The van der Waals surface area contributed by atoms with Gasteiger partial charge in [-0.15, -0.1) is 0 Å². The maximum Gasteiger partial charge on any atom is 0.412 e. The summed E-state index contributed by atoms with van der Waals surface area (Å²) < 4.78 is 7.44. The molecule has 28 heavy (non-hydrogen) atoms. The SMILES string of the molecule is CC(C)Oc1ccccc1CN(C(=O)O)c1cc(Cl)nn2c(C(C)C)cnc12. The van der Waals surface area contributed by atoms with Gasteiger partial charge in [0.05, 0.1) is 30.2 Å². The third kappa shape index (κ3) is 4.04. The van der Waals surface area contributed by atoms with E-state index in [-0.39, 0.29) is 23.7 Å². The molecule has 148 valence electrons. The van der Waals surface area contributed by atoms with Crippen LogP contribution in [-0.4, -0.2) is 31.9 Å². The van der Waals surface area contributed by atoms with Gasteiger partial charge >= 0.3 is 6.09 Å². The number of nitrogens with zero attached hydrogens (tertiary/aromatic N) is 4. The maximum atomic E-state index is 12.1. The summed E-state index contributed by atoms with van der Waals surface area (Å²) in [6.07, 6.45) is 0.558. The molecule has 0 radical (unpaired) electrons. The number of benzene rings is 1. The average Bonchev–Trinajstić information content (AvgIpc) is 3.03. The van der Waals surface area contributed by atoms with Gasteiger partial charge in [-0.1, -0.05) is 43.6 Å². The first-order chi connectivity index (χ1) is 13.3. The van der Waals surface area contributed by atoms with Gasteiger partial charge in [0.25, 0.3) is 0 Å². The second kappa shape index (κ2) is 8.06. The Hall–Kier alpha value is -2.80. The summed E-state index contributed by atoms with van der Waals surface area (Å²) in [5, 5.41) is 14.4. The number of anilines is 1. The van der Waals surface area contributed by atoms with Gasteiger partial charge in [0.15, 0.2) is 10.8 Å². The number of amides is 1. The van der Waals surface area contributed by atoms with Crippen LogP contribution in [0.4, 0.5) is 10.5 Å². The fourth-order valence-electron chi connectivity index (χ4n) is 2.96. The summed E-state index contributed by atoms with van der Waals surface area (Å²) in [6.45, 7) is 7.98. The minimum atomic E-state index is -1.11. The van der Waals surface area contributed by atoms with Crippen molar-refractivity contribution in [2.75, 3.05) is 4.90 Å². The van der Waals surface area contributed by atoms with Gasteiger partial charge in [-0.25, -0.2) is 14.3 Å². The van der Waals surface area contributed by atoms with E-state index in [0.717, 1.165) is 11.3 Å².